The molecule has 2 N–H and O–H groups in total. The van der Waals surface area contributed by atoms with Crippen molar-refractivity contribution in [3.8, 4) is 0 Å². The van der Waals surface area contributed by atoms with E-state index >= 15 is 0 Å². The van der Waals surface area contributed by atoms with Gasteiger partial charge >= 0.3 is 0 Å². The summed E-state index contributed by atoms with van der Waals surface area (Å²) in [5.74, 6) is 0.325. The van der Waals surface area contributed by atoms with E-state index in [1.54, 1.807) is 0 Å². The van der Waals surface area contributed by atoms with Crippen molar-refractivity contribution in [3.05, 3.63) is 12.2 Å². The van der Waals surface area contributed by atoms with Gasteiger partial charge in [-0.15, -0.1) is 0 Å². The Morgan fingerprint density at radius 3 is 2.71 bits per heavy atom. The lowest BCUT2D eigenvalue weighted by atomic mass is 9.86. The lowest BCUT2D eigenvalue weighted by molar-refractivity contribution is -0.125. The average molecular weight is 237 g/mol. The van der Waals surface area contributed by atoms with E-state index in [1.165, 1.54) is 12.8 Å². The van der Waals surface area contributed by atoms with Crippen LogP contribution in [0.3, 0.4) is 0 Å². The lowest BCUT2D eigenvalue weighted by Gasteiger charge is -2.28. The van der Waals surface area contributed by atoms with Crippen molar-refractivity contribution in [1.29, 1.82) is 0 Å². The van der Waals surface area contributed by atoms with Gasteiger partial charge in [0.2, 0.25) is 5.91 Å². The second-order valence-corrected chi connectivity index (χ2v) is 5.56. The van der Waals surface area contributed by atoms with Crippen LogP contribution in [0, 0.1) is 11.3 Å². The summed E-state index contributed by atoms with van der Waals surface area (Å²) in [6.45, 7) is 0.862. The maximum absolute atomic E-state index is 12.0. The van der Waals surface area contributed by atoms with Crippen molar-refractivity contribution in [1.82, 2.24) is 5.32 Å². The van der Waals surface area contributed by atoms with Gasteiger partial charge in [-0.25, -0.2) is 0 Å². The van der Waals surface area contributed by atoms with Crippen molar-refractivity contribution in [2.75, 3.05) is 13.2 Å². The quantitative estimate of drug-likeness (QED) is 0.735. The van der Waals surface area contributed by atoms with Crippen molar-refractivity contribution in [2.45, 2.75) is 44.9 Å². The van der Waals surface area contributed by atoms with Gasteiger partial charge in [0.05, 0.1) is 6.61 Å². The molecule has 2 rings (SSSR count). The standard InChI is InChI=1S/C14H23NO2/c16-11-14(8-4-5-9-14)10-15-13(17)12-6-2-1-3-7-12/h1-2,12,16H,3-11H2,(H,15,17). The summed E-state index contributed by atoms with van der Waals surface area (Å²) in [6.07, 6.45) is 11.6. The minimum absolute atomic E-state index is 0.0276. The van der Waals surface area contributed by atoms with Gasteiger partial charge in [0.25, 0.3) is 0 Å². The van der Waals surface area contributed by atoms with Crippen molar-refractivity contribution in [2.24, 2.45) is 11.3 Å². The number of amides is 1. The molecule has 0 aliphatic heterocycles. The van der Waals surface area contributed by atoms with Crippen LogP contribution >= 0.6 is 0 Å². The van der Waals surface area contributed by atoms with Crippen LogP contribution in [0.25, 0.3) is 0 Å². The third-order valence-corrected chi connectivity index (χ3v) is 4.28. The minimum Gasteiger partial charge on any atom is -0.396 e. The summed E-state index contributed by atoms with van der Waals surface area (Å²) < 4.78 is 0. The second-order valence-electron chi connectivity index (χ2n) is 5.56. The molecule has 0 aromatic carbocycles. The SMILES string of the molecule is O=C(NCC1(CO)CCCC1)C1CC=CCC1. The van der Waals surface area contributed by atoms with Gasteiger partial charge in [-0.05, 0) is 32.1 Å². The van der Waals surface area contributed by atoms with Gasteiger partial charge in [-0.3, -0.25) is 4.79 Å². The van der Waals surface area contributed by atoms with E-state index in [0.717, 1.165) is 32.1 Å². The fourth-order valence-corrected chi connectivity index (χ4v) is 2.97. The number of rotatable bonds is 4. The highest BCUT2D eigenvalue weighted by molar-refractivity contribution is 5.79. The monoisotopic (exact) mass is 237 g/mol. The molecule has 1 atom stereocenters. The first-order chi connectivity index (χ1) is 8.26. The highest BCUT2D eigenvalue weighted by Gasteiger charge is 2.34. The molecular formula is C14H23NO2. The Balaban J connectivity index is 1.80. The Morgan fingerprint density at radius 1 is 1.35 bits per heavy atom. The van der Waals surface area contributed by atoms with Gasteiger partial charge < -0.3 is 10.4 Å². The van der Waals surface area contributed by atoms with Crippen LogP contribution in [-0.2, 0) is 4.79 Å². The van der Waals surface area contributed by atoms with E-state index < -0.39 is 0 Å². The number of aliphatic hydroxyl groups is 1. The van der Waals surface area contributed by atoms with Crippen LogP contribution in [0.1, 0.15) is 44.9 Å². The highest BCUT2D eigenvalue weighted by Crippen LogP contribution is 2.37. The molecule has 1 unspecified atom stereocenters. The fourth-order valence-electron chi connectivity index (χ4n) is 2.97. The summed E-state index contributed by atoms with van der Waals surface area (Å²) in [5.41, 5.74) is -0.0276. The second kappa shape index (κ2) is 5.67. The first-order valence-corrected chi connectivity index (χ1v) is 6.79. The van der Waals surface area contributed by atoms with Crippen LogP contribution in [0.15, 0.2) is 12.2 Å². The molecule has 1 fully saturated rings. The normalized spacial score (nSPS) is 27.0. The number of aliphatic hydroxyl groups excluding tert-OH is 1. The van der Waals surface area contributed by atoms with Gasteiger partial charge in [-0.2, -0.15) is 0 Å². The number of carbonyl (C=O) groups excluding carboxylic acids is 1. The molecule has 3 heteroatoms. The van der Waals surface area contributed by atoms with Gasteiger partial charge in [0.1, 0.15) is 0 Å². The van der Waals surface area contributed by atoms with E-state index in [0.29, 0.717) is 6.54 Å². The fraction of sp³-hybridized carbons (Fsp3) is 0.786. The molecule has 0 aromatic heterocycles. The molecule has 0 bridgehead atoms. The average Bonchev–Trinajstić information content (AvgIpc) is 2.86. The smallest absolute Gasteiger partial charge is 0.223 e. The molecule has 0 heterocycles. The zero-order valence-electron chi connectivity index (χ0n) is 10.5. The zero-order valence-corrected chi connectivity index (χ0v) is 10.5. The molecule has 17 heavy (non-hydrogen) atoms. The molecule has 96 valence electrons. The number of nitrogens with one attached hydrogen (secondary N) is 1. The van der Waals surface area contributed by atoms with Crippen LogP contribution in [0.5, 0.6) is 0 Å². The van der Waals surface area contributed by atoms with Crippen LogP contribution in [-0.4, -0.2) is 24.2 Å². The molecule has 2 aliphatic carbocycles. The van der Waals surface area contributed by atoms with E-state index in [1.807, 2.05) is 0 Å². The maximum atomic E-state index is 12.0. The van der Waals surface area contributed by atoms with Crippen LogP contribution in [0.2, 0.25) is 0 Å². The Morgan fingerprint density at radius 2 is 2.12 bits per heavy atom. The zero-order chi connectivity index (χ0) is 12.1. The van der Waals surface area contributed by atoms with Gasteiger partial charge in [-0.1, -0.05) is 25.0 Å². The summed E-state index contributed by atoms with van der Waals surface area (Å²) in [6, 6.07) is 0. The van der Waals surface area contributed by atoms with Crippen LogP contribution < -0.4 is 5.32 Å². The number of allylic oxidation sites excluding steroid dienone is 2. The topological polar surface area (TPSA) is 49.3 Å². The van der Waals surface area contributed by atoms with Crippen LogP contribution in [0.4, 0.5) is 0 Å². The summed E-state index contributed by atoms with van der Waals surface area (Å²) in [7, 11) is 0. The molecule has 0 spiro atoms. The maximum Gasteiger partial charge on any atom is 0.223 e. The Hall–Kier alpha value is -0.830. The molecule has 1 amide bonds. The number of hydrogen-bond donors (Lipinski definition) is 2. The summed E-state index contributed by atoms with van der Waals surface area (Å²) in [5, 5.41) is 12.5. The van der Waals surface area contributed by atoms with E-state index in [4.69, 9.17) is 0 Å². The van der Waals surface area contributed by atoms with E-state index in [9.17, 15) is 9.90 Å². The van der Waals surface area contributed by atoms with Gasteiger partial charge in [0.15, 0.2) is 0 Å². The molecule has 0 radical (unpaired) electrons. The molecule has 0 saturated heterocycles. The predicted octanol–water partition coefficient (Wildman–Crippen LogP) is 2.01. The third kappa shape index (κ3) is 3.09. The highest BCUT2D eigenvalue weighted by atomic mass is 16.3. The van der Waals surface area contributed by atoms with Crippen molar-refractivity contribution in [3.63, 3.8) is 0 Å². The Labute approximate surface area is 103 Å². The minimum atomic E-state index is -0.0276. The predicted molar refractivity (Wildman–Crippen MR) is 67.5 cm³/mol. The summed E-state index contributed by atoms with van der Waals surface area (Å²) >= 11 is 0. The van der Waals surface area contributed by atoms with Crippen molar-refractivity contribution >= 4 is 5.91 Å². The molecular weight excluding hydrogens is 214 g/mol. The number of carbonyl (C=O) groups is 1. The first-order valence-electron chi connectivity index (χ1n) is 6.79. The van der Waals surface area contributed by atoms with E-state index in [-0.39, 0.29) is 23.8 Å². The van der Waals surface area contributed by atoms with Crippen molar-refractivity contribution < 1.29 is 9.90 Å². The Bertz CT molecular complexity index is 293. The van der Waals surface area contributed by atoms with E-state index in [2.05, 4.69) is 17.5 Å². The largest absolute Gasteiger partial charge is 0.396 e. The van der Waals surface area contributed by atoms with Gasteiger partial charge in [0, 0.05) is 17.9 Å². The molecule has 3 nitrogen and oxygen atoms in total. The number of hydrogen-bond acceptors (Lipinski definition) is 2. The third-order valence-electron chi connectivity index (χ3n) is 4.28. The lowest BCUT2D eigenvalue weighted by Crippen LogP contribution is -2.41. The molecule has 2 aliphatic rings. The first kappa shape index (κ1) is 12.6. The Kier molecular flexibility index (Phi) is 4.21. The molecule has 1 saturated carbocycles. The summed E-state index contributed by atoms with van der Waals surface area (Å²) in [4.78, 5) is 12.0. The molecule has 0 aromatic rings.